The Morgan fingerprint density at radius 3 is 2.50 bits per heavy atom. The second-order valence-corrected chi connectivity index (χ2v) is 9.16. The molecule has 1 saturated heterocycles. The summed E-state index contributed by atoms with van der Waals surface area (Å²) in [5.74, 6) is 1.01. The number of hydrogen-bond acceptors (Lipinski definition) is 4. The van der Waals surface area contributed by atoms with Crippen LogP contribution in [0.3, 0.4) is 0 Å². The molecule has 1 aromatic rings. The van der Waals surface area contributed by atoms with Gasteiger partial charge >= 0.3 is 15.5 Å². The number of piperidine rings is 1. The van der Waals surface area contributed by atoms with Crippen LogP contribution in [-0.4, -0.2) is 66.7 Å². The lowest BCUT2D eigenvalue weighted by molar-refractivity contribution is -0.0496. The largest absolute Gasteiger partial charge is 0.511 e. The van der Waals surface area contributed by atoms with Crippen LogP contribution in [0.5, 0.6) is 0 Å². The standard InChI is InChI=1S/C17H29F3N6O2S.HI/c1-3-21-16(22-11-14(2)13-25-8-4-7-24-25)23-12-15-5-9-26(10-6-15)29(27,28)17(18,19)20;/h4,7-8,14-15H,3,5-6,9-13H2,1-2H3,(H2,21,22,23);1H. The van der Waals surface area contributed by atoms with Crippen LogP contribution < -0.4 is 10.6 Å². The zero-order valence-corrected chi connectivity index (χ0v) is 20.2. The van der Waals surface area contributed by atoms with E-state index in [1.54, 1.807) is 6.20 Å². The summed E-state index contributed by atoms with van der Waals surface area (Å²) in [4.78, 5) is 4.56. The van der Waals surface area contributed by atoms with E-state index in [0.717, 1.165) is 6.54 Å². The van der Waals surface area contributed by atoms with Crippen molar-refractivity contribution in [3.63, 3.8) is 0 Å². The average Bonchev–Trinajstić information content (AvgIpc) is 3.16. The summed E-state index contributed by atoms with van der Waals surface area (Å²) in [5, 5.41) is 10.5. The van der Waals surface area contributed by atoms with Crippen LogP contribution in [0.2, 0.25) is 0 Å². The molecule has 8 nitrogen and oxygen atoms in total. The smallest absolute Gasteiger partial charge is 0.357 e. The molecule has 0 aliphatic carbocycles. The number of hydrogen-bond donors (Lipinski definition) is 2. The Morgan fingerprint density at radius 2 is 1.97 bits per heavy atom. The predicted octanol–water partition coefficient (Wildman–Crippen LogP) is 2.25. The molecular formula is C17H30F3IN6O2S. The molecule has 1 fully saturated rings. The van der Waals surface area contributed by atoms with Gasteiger partial charge in [0.25, 0.3) is 0 Å². The highest BCUT2D eigenvalue weighted by Gasteiger charge is 2.50. The van der Waals surface area contributed by atoms with E-state index in [1.165, 1.54) is 0 Å². The first-order valence-electron chi connectivity index (χ1n) is 9.69. The molecule has 0 radical (unpaired) electrons. The fourth-order valence-electron chi connectivity index (χ4n) is 3.12. The number of alkyl halides is 3. The van der Waals surface area contributed by atoms with Gasteiger partial charge in [-0.1, -0.05) is 6.92 Å². The van der Waals surface area contributed by atoms with E-state index in [2.05, 4.69) is 27.6 Å². The van der Waals surface area contributed by atoms with Crippen molar-refractivity contribution in [2.24, 2.45) is 16.8 Å². The van der Waals surface area contributed by atoms with Crippen molar-refractivity contribution >= 4 is 40.0 Å². The number of sulfonamides is 1. The molecule has 0 bridgehead atoms. The van der Waals surface area contributed by atoms with Crippen molar-refractivity contribution in [1.29, 1.82) is 0 Å². The summed E-state index contributed by atoms with van der Waals surface area (Å²) in [6.45, 7) is 6.34. The summed E-state index contributed by atoms with van der Waals surface area (Å²) >= 11 is 0. The zero-order chi connectivity index (χ0) is 21.5. The van der Waals surface area contributed by atoms with E-state index >= 15 is 0 Å². The van der Waals surface area contributed by atoms with E-state index in [9.17, 15) is 21.6 Å². The Balaban J connectivity index is 0.00000450. The molecule has 1 atom stereocenters. The summed E-state index contributed by atoms with van der Waals surface area (Å²) in [5.41, 5.74) is -5.24. The average molecular weight is 566 g/mol. The Hall–Kier alpha value is -1.09. The van der Waals surface area contributed by atoms with Gasteiger partial charge in [0.2, 0.25) is 0 Å². The Morgan fingerprint density at radius 1 is 1.30 bits per heavy atom. The maximum atomic E-state index is 12.7. The molecule has 1 aromatic heterocycles. The minimum atomic E-state index is -5.24. The molecular weight excluding hydrogens is 536 g/mol. The van der Waals surface area contributed by atoms with Gasteiger partial charge in [0.05, 0.1) is 0 Å². The van der Waals surface area contributed by atoms with E-state index < -0.39 is 15.5 Å². The minimum Gasteiger partial charge on any atom is -0.357 e. The molecule has 0 spiro atoms. The molecule has 30 heavy (non-hydrogen) atoms. The van der Waals surface area contributed by atoms with Crippen LogP contribution in [0.15, 0.2) is 23.5 Å². The van der Waals surface area contributed by atoms with Gasteiger partial charge in [-0.15, -0.1) is 24.0 Å². The molecule has 13 heteroatoms. The third-order valence-electron chi connectivity index (χ3n) is 4.73. The summed E-state index contributed by atoms with van der Waals surface area (Å²) in [7, 11) is -5.23. The molecule has 2 heterocycles. The van der Waals surface area contributed by atoms with Crippen molar-refractivity contribution in [3.8, 4) is 0 Å². The minimum absolute atomic E-state index is 0. The van der Waals surface area contributed by atoms with Crippen molar-refractivity contribution < 1.29 is 21.6 Å². The van der Waals surface area contributed by atoms with Crippen LogP contribution in [0.1, 0.15) is 26.7 Å². The fraction of sp³-hybridized carbons (Fsp3) is 0.765. The van der Waals surface area contributed by atoms with Crippen molar-refractivity contribution in [2.45, 2.75) is 38.7 Å². The number of rotatable bonds is 8. The third kappa shape index (κ3) is 7.87. The highest BCUT2D eigenvalue weighted by atomic mass is 127. The molecule has 0 aromatic carbocycles. The zero-order valence-electron chi connectivity index (χ0n) is 17.1. The molecule has 0 saturated carbocycles. The number of halogens is 4. The van der Waals surface area contributed by atoms with Gasteiger partial charge in [-0.2, -0.15) is 22.6 Å². The van der Waals surface area contributed by atoms with Gasteiger partial charge in [0.1, 0.15) is 0 Å². The molecule has 0 amide bonds. The highest BCUT2D eigenvalue weighted by Crippen LogP contribution is 2.30. The first kappa shape index (κ1) is 26.9. The third-order valence-corrected chi connectivity index (χ3v) is 6.36. The van der Waals surface area contributed by atoms with E-state index in [4.69, 9.17) is 0 Å². The SMILES string of the molecule is CCNC(=NCC(C)Cn1cccn1)NCC1CCN(S(=O)(=O)C(F)(F)F)CC1.I. The number of nitrogens with zero attached hydrogens (tertiary/aromatic N) is 4. The van der Waals surface area contributed by atoms with Gasteiger partial charge in [-0.3, -0.25) is 9.67 Å². The highest BCUT2D eigenvalue weighted by molar-refractivity contribution is 14.0. The first-order chi connectivity index (χ1) is 13.6. The number of aliphatic imine (C=N–C) groups is 1. The second-order valence-electron chi connectivity index (χ2n) is 7.23. The lowest BCUT2D eigenvalue weighted by atomic mass is 9.98. The van der Waals surface area contributed by atoms with Crippen molar-refractivity contribution in [2.75, 3.05) is 32.7 Å². The Kier molecular flexibility index (Phi) is 10.8. The molecule has 1 aliphatic rings. The topological polar surface area (TPSA) is 91.6 Å². The van der Waals surface area contributed by atoms with Crippen LogP contribution in [0, 0.1) is 11.8 Å². The van der Waals surface area contributed by atoms with Crippen LogP contribution in [0.25, 0.3) is 0 Å². The van der Waals surface area contributed by atoms with E-state index in [1.807, 2.05) is 23.9 Å². The molecule has 2 N–H and O–H groups in total. The quantitative estimate of drug-likeness (QED) is 0.286. The van der Waals surface area contributed by atoms with Gasteiger partial charge in [0, 0.05) is 51.7 Å². The monoisotopic (exact) mass is 566 g/mol. The fourth-order valence-corrected chi connectivity index (χ4v) is 4.10. The van der Waals surface area contributed by atoms with Gasteiger partial charge in [-0.25, -0.2) is 8.42 Å². The Labute approximate surface area is 192 Å². The van der Waals surface area contributed by atoms with Crippen LogP contribution >= 0.6 is 24.0 Å². The van der Waals surface area contributed by atoms with Crippen molar-refractivity contribution in [3.05, 3.63) is 18.5 Å². The molecule has 1 unspecified atom stereocenters. The van der Waals surface area contributed by atoms with Crippen LogP contribution in [0.4, 0.5) is 13.2 Å². The summed E-state index contributed by atoms with van der Waals surface area (Å²) < 4.78 is 63.3. The van der Waals surface area contributed by atoms with Crippen LogP contribution in [-0.2, 0) is 16.6 Å². The number of aromatic nitrogens is 2. The predicted molar refractivity (Wildman–Crippen MR) is 120 cm³/mol. The number of nitrogens with one attached hydrogen (secondary N) is 2. The van der Waals surface area contributed by atoms with Gasteiger partial charge in [-0.05, 0) is 37.7 Å². The lowest BCUT2D eigenvalue weighted by Crippen LogP contribution is -2.47. The number of guanidine groups is 1. The van der Waals surface area contributed by atoms with Crippen molar-refractivity contribution in [1.82, 2.24) is 24.7 Å². The molecule has 174 valence electrons. The second kappa shape index (κ2) is 12.1. The lowest BCUT2D eigenvalue weighted by Gasteiger charge is -2.31. The van der Waals surface area contributed by atoms with Gasteiger partial charge in [0.15, 0.2) is 5.96 Å². The summed E-state index contributed by atoms with van der Waals surface area (Å²) in [6.07, 6.45) is 4.37. The van der Waals surface area contributed by atoms with E-state index in [-0.39, 0.29) is 48.9 Å². The maximum Gasteiger partial charge on any atom is 0.511 e. The molecule has 2 rings (SSSR count). The van der Waals surface area contributed by atoms with E-state index in [0.29, 0.717) is 42.7 Å². The molecule has 1 aliphatic heterocycles. The van der Waals surface area contributed by atoms with Gasteiger partial charge < -0.3 is 10.6 Å². The maximum absolute atomic E-state index is 12.7. The normalized spacial score (nSPS) is 18.0. The summed E-state index contributed by atoms with van der Waals surface area (Å²) in [6, 6.07) is 1.87. The Bertz CT molecular complexity index is 750. The first-order valence-corrected chi connectivity index (χ1v) is 11.1.